The van der Waals surface area contributed by atoms with Crippen LogP contribution in [-0.4, -0.2) is 24.8 Å². The Labute approximate surface area is 55.6 Å². The molecule has 2 rings (SSSR count). The van der Waals surface area contributed by atoms with Crippen LogP contribution in [-0.2, 0) is 4.74 Å². The molecular formula is C7H13NO. The lowest BCUT2D eigenvalue weighted by Crippen LogP contribution is -2.45. The Morgan fingerprint density at radius 1 is 1.56 bits per heavy atom. The van der Waals surface area contributed by atoms with Gasteiger partial charge in [0.15, 0.2) is 0 Å². The van der Waals surface area contributed by atoms with E-state index in [1.165, 1.54) is 12.8 Å². The molecule has 1 unspecified atom stereocenters. The third kappa shape index (κ3) is 0.970. The fraction of sp³-hybridized carbons (Fsp3) is 1.00. The Morgan fingerprint density at radius 3 is 2.78 bits per heavy atom. The Hall–Kier alpha value is -0.0800. The first-order valence-corrected chi connectivity index (χ1v) is 3.68. The first-order valence-electron chi connectivity index (χ1n) is 3.68. The van der Waals surface area contributed by atoms with E-state index in [0.717, 1.165) is 13.2 Å². The smallest absolute Gasteiger partial charge is 0.0809 e. The lowest BCUT2D eigenvalue weighted by molar-refractivity contribution is -0.0106. The third-order valence-corrected chi connectivity index (χ3v) is 2.22. The molecular weight excluding hydrogens is 114 g/mol. The van der Waals surface area contributed by atoms with Gasteiger partial charge in [-0.1, -0.05) is 0 Å². The highest BCUT2D eigenvalue weighted by Crippen LogP contribution is 2.40. The molecule has 1 atom stereocenters. The first kappa shape index (κ1) is 5.69. The summed E-state index contributed by atoms with van der Waals surface area (Å²) >= 11 is 0. The largest absolute Gasteiger partial charge is 0.372 e. The molecule has 0 aromatic carbocycles. The van der Waals surface area contributed by atoms with Crippen molar-refractivity contribution in [1.82, 2.24) is 5.32 Å². The molecule has 1 aliphatic heterocycles. The van der Waals surface area contributed by atoms with Crippen LogP contribution in [0.25, 0.3) is 0 Å². The first-order chi connectivity index (χ1) is 4.31. The SMILES string of the molecule is CC1COC2(CC2)CN1. The predicted octanol–water partition coefficient (Wildman–Crippen LogP) is 0.527. The van der Waals surface area contributed by atoms with E-state index in [4.69, 9.17) is 4.74 Å². The molecule has 2 aliphatic rings. The summed E-state index contributed by atoms with van der Waals surface area (Å²) in [6.07, 6.45) is 2.54. The van der Waals surface area contributed by atoms with Gasteiger partial charge in [0.05, 0.1) is 12.2 Å². The van der Waals surface area contributed by atoms with E-state index in [-0.39, 0.29) is 0 Å². The summed E-state index contributed by atoms with van der Waals surface area (Å²) in [5.41, 5.74) is 0.298. The fourth-order valence-corrected chi connectivity index (χ4v) is 1.23. The zero-order valence-corrected chi connectivity index (χ0v) is 5.81. The topological polar surface area (TPSA) is 21.3 Å². The Kier molecular flexibility index (Phi) is 1.08. The zero-order chi connectivity index (χ0) is 6.32. The van der Waals surface area contributed by atoms with Crippen molar-refractivity contribution in [1.29, 1.82) is 0 Å². The number of hydrogen-bond acceptors (Lipinski definition) is 2. The monoisotopic (exact) mass is 127 g/mol. The van der Waals surface area contributed by atoms with Gasteiger partial charge in [-0.2, -0.15) is 0 Å². The van der Waals surface area contributed by atoms with Crippen LogP contribution in [0.2, 0.25) is 0 Å². The quantitative estimate of drug-likeness (QED) is 0.512. The molecule has 1 spiro atoms. The molecule has 0 amide bonds. The van der Waals surface area contributed by atoms with Crippen molar-refractivity contribution in [3.8, 4) is 0 Å². The molecule has 0 aromatic heterocycles. The maximum absolute atomic E-state index is 5.63. The number of rotatable bonds is 0. The van der Waals surface area contributed by atoms with Gasteiger partial charge in [0.1, 0.15) is 0 Å². The van der Waals surface area contributed by atoms with Crippen molar-refractivity contribution in [2.75, 3.05) is 13.2 Å². The standard InChI is InChI=1S/C7H13NO/c1-6-4-9-7(2-3-7)5-8-6/h6,8H,2-5H2,1H3. The molecule has 2 fully saturated rings. The van der Waals surface area contributed by atoms with Crippen LogP contribution in [0.5, 0.6) is 0 Å². The van der Waals surface area contributed by atoms with E-state index in [0.29, 0.717) is 11.6 Å². The molecule has 2 nitrogen and oxygen atoms in total. The van der Waals surface area contributed by atoms with Crippen molar-refractivity contribution < 1.29 is 4.74 Å². The van der Waals surface area contributed by atoms with Crippen molar-refractivity contribution in [2.45, 2.75) is 31.4 Å². The van der Waals surface area contributed by atoms with E-state index in [9.17, 15) is 0 Å². The second-order valence-corrected chi connectivity index (χ2v) is 3.28. The summed E-state index contributed by atoms with van der Waals surface area (Å²) in [5, 5.41) is 3.41. The molecule has 1 N–H and O–H groups in total. The summed E-state index contributed by atoms with van der Waals surface area (Å²) < 4.78 is 5.63. The summed E-state index contributed by atoms with van der Waals surface area (Å²) in [4.78, 5) is 0. The third-order valence-electron chi connectivity index (χ3n) is 2.22. The average Bonchev–Trinajstić information content (AvgIpc) is 2.60. The van der Waals surface area contributed by atoms with Gasteiger partial charge < -0.3 is 10.1 Å². The highest BCUT2D eigenvalue weighted by atomic mass is 16.5. The van der Waals surface area contributed by atoms with Gasteiger partial charge in [-0.05, 0) is 19.8 Å². The molecule has 0 bridgehead atoms. The second-order valence-electron chi connectivity index (χ2n) is 3.28. The maximum Gasteiger partial charge on any atom is 0.0809 e. The minimum atomic E-state index is 0.298. The highest BCUT2D eigenvalue weighted by Gasteiger charge is 2.45. The molecule has 1 saturated carbocycles. The Bertz CT molecular complexity index is 110. The summed E-state index contributed by atoms with van der Waals surface area (Å²) in [5.74, 6) is 0. The van der Waals surface area contributed by atoms with Gasteiger partial charge in [0.2, 0.25) is 0 Å². The average molecular weight is 127 g/mol. The molecule has 1 aliphatic carbocycles. The molecule has 9 heavy (non-hydrogen) atoms. The van der Waals surface area contributed by atoms with Crippen LogP contribution in [0.15, 0.2) is 0 Å². The number of ether oxygens (including phenoxy) is 1. The maximum atomic E-state index is 5.63. The zero-order valence-electron chi connectivity index (χ0n) is 5.81. The van der Waals surface area contributed by atoms with Crippen molar-refractivity contribution >= 4 is 0 Å². The lowest BCUT2D eigenvalue weighted by Gasteiger charge is -2.27. The minimum absolute atomic E-state index is 0.298. The van der Waals surface area contributed by atoms with Crippen molar-refractivity contribution in [2.24, 2.45) is 0 Å². The van der Waals surface area contributed by atoms with Gasteiger partial charge in [-0.15, -0.1) is 0 Å². The van der Waals surface area contributed by atoms with Crippen LogP contribution in [0.4, 0.5) is 0 Å². The van der Waals surface area contributed by atoms with Crippen LogP contribution in [0, 0.1) is 0 Å². The number of hydrogen-bond donors (Lipinski definition) is 1. The predicted molar refractivity (Wildman–Crippen MR) is 35.4 cm³/mol. The Balaban J connectivity index is 1.91. The van der Waals surface area contributed by atoms with Gasteiger partial charge in [0, 0.05) is 12.6 Å². The molecule has 0 radical (unpaired) electrons. The minimum Gasteiger partial charge on any atom is -0.372 e. The van der Waals surface area contributed by atoms with Gasteiger partial charge in [-0.3, -0.25) is 0 Å². The second kappa shape index (κ2) is 1.70. The van der Waals surface area contributed by atoms with Crippen LogP contribution in [0.1, 0.15) is 19.8 Å². The summed E-state index contributed by atoms with van der Waals surface area (Å²) in [7, 11) is 0. The van der Waals surface area contributed by atoms with Crippen LogP contribution in [0.3, 0.4) is 0 Å². The van der Waals surface area contributed by atoms with E-state index < -0.39 is 0 Å². The Morgan fingerprint density at radius 2 is 2.33 bits per heavy atom. The van der Waals surface area contributed by atoms with Crippen LogP contribution < -0.4 is 5.32 Å². The molecule has 0 aromatic rings. The molecule has 1 saturated heterocycles. The highest BCUT2D eigenvalue weighted by molar-refractivity contribution is 5.00. The van der Waals surface area contributed by atoms with Crippen LogP contribution >= 0.6 is 0 Å². The van der Waals surface area contributed by atoms with Crippen molar-refractivity contribution in [3.63, 3.8) is 0 Å². The van der Waals surface area contributed by atoms with E-state index in [1.807, 2.05) is 0 Å². The summed E-state index contributed by atoms with van der Waals surface area (Å²) in [6.45, 7) is 4.14. The van der Waals surface area contributed by atoms with Crippen molar-refractivity contribution in [3.05, 3.63) is 0 Å². The molecule has 52 valence electrons. The summed E-state index contributed by atoms with van der Waals surface area (Å²) in [6, 6.07) is 0.566. The van der Waals surface area contributed by atoms with E-state index >= 15 is 0 Å². The van der Waals surface area contributed by atoms with E-state index in [2.05, 4.69) is 12.2 Å². The molecule has 2 heteroatoms. The number of morpholine rings is 1. The normalized spacial score (nSPS) is 39.0. The van der Waals surface area contributed by atoms with Gasteiger partial charge in [0.25, 0.3) is 0 Å². The molecule has 1 heterocycles. The van der Waals surface area contributed by atoms with Gasteiger partial charge >= 0.3 is 0 Å². The van der Waals surface area contributed by atoms with Gasteiger partial charge in [-0.25, -0.2) is 0 Å². The number of nitrogens with one attached hydrogen (secondary N) is 1. The fourth-order valence-electron chi connectivity index (χ4n) is 1.23. The van der Waals surface area contributed by atoms with E-state index in [1.54, 1.807) is 0 Å². The lowest BCUT2D eigenvalue weighted by atomic mass is 10.2.